The number of aryl methyl sites for hydroxylation is 1. The van der Waals surface area contributed by atoms with E-state index in [2.05, 4.69) is 73.9 Å². The summed E-state index contributed by atoms with van der Waals surface area (Å²) in [4.78, 5) is 30.7. The van der Waals surface area contributed by atoms with E-state index in [0.717, 1.165) is 48.4 Å². The fraction of sp³-hybridized carbons (Fsp3) is 0.419. The van der Waals surface area contributed by atoms with Gasteiger partial charge in [0.15, 0.2) is 0 Å². The third-order valence-corrected chi connectivity index (χ3v) is 8.05. The molecule has 5 heteroatoms. The molecule has 0 radical (unpaired) electrons. The van der Waals surface area contributed by atoms with Gasteiger partial charge in [0, 0.05) is 49.2 Å². The van der Waals surface area contributed by atoms with Crippen molar-refractivity contribution in [3.8, 4) is 5.69 Å². The van der Waals surface area contributed by atoms with Crippen LogP contribution in [0.25, 0.3) is 5.69 Å². The lowest BCUT2D eigenvalue weighted by atomic mass is 9.92. The standard InChI is InChI=1S/C31H37N3O2/c1-21(2)24-9-11-28(12-10-24)34-22(3)19-29(23(34)4)31(36)32-16-14-26(15-17-32)30(35)33-18-13-25-7-5-6-8-27(25)20-33/h5-12,19,21,26H,13-18,20H2,1-4H3. The summed E-state index contributed by atoms with van der Waals surface area (Å²) in [7, 11) is 0. The predicted molar refractivity (Wildman–Crippen MR) is 144 cm³/mol. The van der Waals surface area contributed by atoms with Crippen LogP contribution < -0.4 is 0 Å². The molecule has 2 amide bonds. The zero-order valence-electron chi connectivity index (χ0n) is 22.0. The van der Waals surface area contributed by atoms with Gasteiger partial charge in [0.25, 0.3) is 5.91 Å². The van der Waals surface area contributed by atoms with Crippen molar-refractivity contribution in [3.05, 3.63) is 88.2 Å². The molecule has 0 atom stereocenters. The van der Waals surface area contributed by atoms with E-state index in [0.29, 0.717) is 25.6 Å². The van der Waals surface area contributed by atoms with Crippen LogP contribution >= 0.6 is 0 Å². The van der Waals surface area contributed by atoms with Crippen LogP contribution in [-0.2, 0) is 17.8 Å². The van der Waals surface area contributed by atoms with Gasteiger partial charge in [-0.3, -0.25) is 9.59 Å². The Bertz CT molecular complexity index is 1260. The van der Waals surface area contributed by atoms with Gasteiger partial charge < -0.3 is 14.4 Å². The minimum absolute atomic E-state index is 0.00575. The number of hydrogen-bond donors (Lipinski definition) is 0. The van der Waals surface area contributed by atoms with Crippen molar-refractivity contribution in [3.63, 3.8) is 0 Å². The van der Waals surface area contributed by atoms with Crippen LogP contribution in [-0.4, -0.2) is 45.8 Å². The third-order valence-electron chi connectivity index (χ3n) is 8.05. The lowest BCUT2D eigenvalue weighted by molar-refractivity contribution is -0.137. The third kappa shape index (κ3) is 4.59. The number of benzene rings is 2. The molecule has 0 bridgehead atoms. The van der Waals surface area contributed by atoms with Gasteiger partial charge in [-0.25, -0.2) is 0 Å². The molecule has 0 N–H and O–H groups in total. The van der Waals surface area contributed by atoms with Gasteiger partial charge in [-0.2, -0.15) is 0 Å². The highest BCUT2D eigenvalue weighted by Gasteiger charge is 2.32. The molecule has 0 aliphatic carbocycles. The molecule has 1 fully saturated rings. The van der Waals surface area contributed by atoms with Crippen LogP contribution in [0.2, 0.25) is 0 Å². The lowest BCUT2D eigenvalue weighted by Gasteiger charge is -2.36. The molecule has 36 heavy (non-hydrogen) atoms. The Morgan fingerprint density at radius 2 is 1.53 bits per heavy atom. The molecule has 3 aromatic rings. The molecule has 0 spiro atoms. The van der Waals surface area contributed by atoms with Crippen molar-refractivity contribution >= 4 is 11.8 Å². The Morgan fingerprint density at radius 1 is 0.861 bits per heavy atom. The fourth-order valence-corrected chi connectivity index (χ4v) is 5.83. The zero-order chi connectivity index (χ0) is 25.4. The minimum Gasteiger partial charge on any atom is -0.339 e. The molecular formula is C31H37N3O2. The first-order chi connectivity index (χ1) is 17.3. The van der Waals surface area contributed by atoms with Gasteiger partial charge in [0.2, 0.25) is 5.91 Å². The second kappa shape index (κ2) is 9.96. The molecule has 5 nitrogen and oxygen atoms in total. The van der Waals surface area contributed by atoms with Gasteiger partial charge in [-0.15, -0.1) is 0 Å². The van der Waals surface area contributed by atoms with Crippen LogP contribution in [0.3, 0.4) is 0 Å². The maximum absolute atomic E-state index is 13.5. The quantitative estimate of drug-likeness (QED) is 0.481. The van der Waals surface area contributed by atoms with Crippen LogP contribution in [0.5, 0.6) is 0 Å². The highest BCUT2D eigenvalue weighted by Crippen LogP contribution is 2.28. The summed E-state index contributed by atoms with van der Waals surface area (Å²) in [6.07, 6.45) is 2.39. The average molecular weight is 484 g/mol. The van der Waals surface area contributed by atoms with E-state index in [1.54, 1.807) is 0 Å². The number of nitrogens with zero attached hydrogens (tertiary/aromatic N) is 3. The second-order valence-corrected chi connectivity index (χ2v) is 10.7. The highest BCUT2D eigenvalue weighted by molar-refractivity contribution is 5.96. The topological polar surface area (TPSA) is 45.6 Å². The predicted octanol–water partition coefficient (Wildman–Crippen LogP) is 5.65. The first-order valence-corrected chi connectivity index (χ1v) is 13.3. The van der Waals surface area contributed by atoms with Crippen LogP contribution in [0.4, 0.5) is 0 Å². The van der Waals surface area contributed by atoms with E-state index in [-0.39, 0.29) is 17.7 Å². The molecule has 1 aromatic heterocycles. The summed E-state index contributed by atoms with van der Waals surface area (Å²) in [5, 5.41) is 0. The summed E-state index contributed by atoms with van der Waals surface area (Å²) in [5.74, 6) is 0.820. The van der Waals surface area contributed by atoms with Crippen molar-refractivity contribution in [2.75, 3.05) is 19.6 Å². The summed E-state index contributed by atoms with van der Waals surface area (Å²) >= 11 is 0. The van der Waals surface area contributed by atoms with Gasteiger partial charge in [-0.05, 0) is 73.9 Å². The summed E-state index contributed by atoms with van der Waals surface area (Å²) in [5.41, 5.74) is 7.81. The lowest BCUT2D eigenvalue weighted by Crippen LogP contribution is -2.45. The summed E-state index contributed by atoms with van der Waals surface area (Å²) in [6, 6.07) is 19.0. The largest absolute Gasteiger partial charge is 0.339 e. The maximum atomic E-state index is 13.5. The van der Waals surface area contributed by atoms with Gasteiger partial charge in [-0.1, -0.05) is 50.2 Å². The van der Waals surface area contributed by atoms with Gasteiger partial charge in [0.05, 0.1) is 5.56 Å². The van der Waals surface area contributed by atoms with Gasteiger partial charge >= 0.3 is 0 Å². The molecule has 2 aliphatic heterocycles. The van der Waals surface area contributed by atoms with E-state index >= 15 is 0 Å². The SMILES string of the molecule is Cc1cc(C(=O)N2CCC(C(=O)N3CCc4ccccc4C3)CC2)c(C)n1-c1ccc(C(C)C)cc1. The number of carbonyl (C=O) groups is 2. The number of fused-ring (bicyclic) bond motifs is 1. The van der Waals surface area contributed by atoms with Crippen LogP contribution in [0, 0.1) is 19.8 Å². The van der Waals surface area contributed by atoms with Crippen molar-refractivity contribution in [1.82, 2.24) is 14.4 Å². The monoisotopic (exact) mass is 483 g/mol. The van der Waals surface area contributed by atoms with Crippen LogP contribution in [0.1, 0.15) is 71.0 Å². The van der Waals surface area contributed by atoms with Crippen molar-refractivity contribution < 1.29 is 9.59 Å². The molecule has 3 heterocycles. The molecule has 5 rings (SSSR count). The number of carbonyl (C=O) groups excluding carboxylic acids is 2. The number of piperidine rings is 1. The van der Waals surface area contributed by atoms with Crippen molar-refractivity contribution in [2.45, 2.75) is 59.4 Å². The number of aromatic nitrogens is 1. The van der Waals surface area contributed by atoms with Crippen LogP contribution in [0.15, 0.2) is 54.6 Å². The fourth-order valence-electron chi connectivity index (χ4n) is 5.83. The Morgan fingerprint density at radius 3 is 2.19 bits per heavy atom. The van der Waals surface area contributed by atoms with E-state index in [4.69, 9.17) is 0 Å². The first kappa shape index (κ1) is 24.4. The normalized spacial score (nSPS) is 16.4. The molecule has 1 saturated heterocycles. The molecule has 0 unspecified atom stereocenters. The van der Waals surface area contributed by atoms with E-state index < -0.39 is 0 Å². The van der Waals surface area contributed by atoms with E-state index in [1.807, 2.05) is 22.8 Å². The Kier molecular flexibility index (Phi) is 6.74. The number of amides is 2. The van der Waals surface area contributed by atoms with Crippen molar-refractivity contribution in [1.29, 1.82) is 0 Å². The smallest absolute Gasteiger partial charge is 0.255 e. The second-order valence-electron chi connectivity index (χ2n) is 10.7. The van der Waals surface area contributed by atoms with E-state index in [9.17, 15) is 9.59 Å². The number of likely N-dealkylation sites (tertiary alicyclic amines) is 1. The number of rotatable bonds is 4. The first-order valence-electron chi connectivity index (χ1n) is 13.3. The summed E-state index contributed by atoms with van der Waals surface area (Å²) in [6.45, 7) is 11.2. The number of hydrogen-bond acceptors (Lipinski definition) is 2. The average Bonchev–Trinajstić information content (AvgIpc) is 3.21. The molecule has 2 aliphatic rings. The maximum Gasteiger partial charge on any atom is 0.255 e. The molecule has 2 aromatic carbocycles. The Hall–Kier alpha value is -3.34. The highest BCUT2D eigenvalue weighted by atomic mass is 16.2. The van der Waals surface area contributed by atoms with Crippen molar-refractivity contribution in [2.24, 2.45) is 5.92 Å². The summed E-state index contributed by atoms with van der Waals surface area (Å²) < 4.78 is 2.17. The molecule has 188 valence electrons. The Balaban J connectivity index is 1.24. The minimum atomic E-state index is 0.00575. The zero-order valence-corrected chi connectivity index (χ0v) is 22.0. The van der Waals surface area contributed by atoms with E-state index in [1.165, 1.54) is 16.7 Å². The molecular weight excluding hydrogens is 446 g/mol. The molecule has 0 saturated carbocycles. The van der Waals surface area contributed by atoms with Gasteiger partial charge in [0.1, 0.15) is 0 Å². The Labute approximate surface area is 214 Å².